The number of anilines is 1. The van der Waals surface area contributed by atoms with E-state index < -0.39 is 15.4 Å². The molecule has 6 nitrogen and oxygen atoms in total. The molecule has 0 bridgehead atoms. The SMILES string of the molecule is Cc1ccc(N2CCCC3(CCCN3C(=O)CCS(C)(=O)=O)C2=O)cc1. The Balaban J connectivity index is 1.83. The Hall–Kier alpha value is -1.89. The molecular weight excluding hydrogens is 352 g/mol. The van der Waals surface area contributed by atoms with Crippen molar-refractivity contribution in [2.45, 2.75) is 44.6 Å². The van der Waals surface area contributed by atoms with Gasteiger partial charge in [0.25, 0.3) is 5.91 Å². The highest BCUT2D eigenvalue weighted by molar-refractivity contribution is 7.90. The molecular formula is C19H26N2O4S. The topological polar surface area (TPSA) is 74.8 Å². The Morgan fingerprint density at radius 2 is 1.73 bits per heavy atom. The van der Waals surface area contributed by atoms with Gasteiger partial charge in [-0.15, -0.1) is 0 Å². The van der Waals surface area contributed by atoms with Crippen LogP contribution in [0, 0.1) is 6.92 Å². The van der Waals surface area contributed by atoms with Crippen molar-refractivity contribution in [1.29, 1.82) is 0 Å². The third kappa shape index (κ3) is 3.63. The van der Waals surface area contributed by atoms with Gasteiger partial charge in [-0.25, -0.2) is 8.42 Å². The monoisotopic (exact) mass is 378 g/mol. The summed E-state index contributed by atoms with van der Waals surface area (Å²) in [5.74, 6) is -0.432. The maximum absolute atomic E-state index is 13.4. The number of nitrogens with zero attached hydrogens (tertiary/aromatic N) is 2. The Morgan fingerprint density at radius 1 is 1.12 bits per heavy atom. The minimum atomic E-state index is -3.21. The highest BCUT2D eigenvalue weighted by atomic mass is 32.2. The lowest BCUT2D eigenvalue weighted by atomic mass is 9.85. The molecule has 2 amide bonds. The number of hydrogen-bond donors (Lipinski definition) is 0. The van der Waals surface area contributed by atoms with E-state index in [1.807, 2.05) is 31.2 Å². The van der Waals surface area contributed by atoms with Crippen molar-refractivity contribution in [3.8, 4) is 0 Å². The summed E-state index contributed by atoms with van der Waals surface area (Å²) in [6.07, 6.45) is 3.98. The second-order valence-corrected chi connectivity index (χ2v) is 9.72. The Labute approximate surface area is 155 Å². The fourth-order valence-corrected chi connectivity index (χ4v) is 4.64. The van der Waals surface area contributed by atoms with E-state index in [0.29, 0.717) is 25.9 Å². The second-order valence-electron chi connectivity index (χ2n) is 7.46. The van der Waals surface area contributed by atoms with Crippen molar-refractivity contribution < 1.29 is 18.0 Å². The molecule has 7 heteroatoms. The van der Waals surface area contributed by atoms with Crippen LogP contribution in [0.25, 0.3) is 0 Å². The van der Waals surface area contributed by atoms with Crippen LogP contribution in [0.1, 0.15) is 37.7 Å². The molecule has 1 aromatic rings. The number of carbonyl (C=O) groups is 2. The number of piperidine rings is 1. The molecule has 2 aliphatic rings. The minimum Gasteiger partial charge on any atom is -0.328 e. The zero-order valence-corrected chi connectivity index (χ0v) is 16.2. The summed E-state index contributed by atoms with van der Waals surface area (Å²) in [5, 5.41) is 0. The lowest BCUT2D eigenvalue weighted by molar-refractivity contribution is -0.145. The van der Waals surface area contributed by atoms with E-state index in [4.69, 9.17) is 0 Å². The molecule has 1 atom stereocenters. The van der Waals surface area contributed by atoms with E-state index in [9.17, 15) is 18.0 Å². The van der Waals surface area contributed by atoms with Crippen molar-refractivity contribution in [2.75, 3.05) is 30.0 Å². The fraction of sp³-hybridized carbons (Fsp3) is 0.579. The predicted octanol–water partition coefficient (Wildman–Crippen LogP) is 1.92. The molecule has 2 heterocycles. The van der Waals surface area contributed by atoms with Gasteiger partial charge >= 0.3 is 0 Å². The van der Waals surface area contributed by atoms with Gasteiger partial charge in [0.2, 0.25) is 5.91 Å². The fourth-order valence-electron chi connectivity index (χ4n) is 4.09. The zero-order valence-electron chi connectivity index (χ0n) is 15.4. The molecule has 2 aliphatic heterocycles. The highest BCUT2D eigenvalue weighted by Gasteiger charge is 2.52. The summed E-state index contributed by atoms with van der Waals surface area (Å²) in [6, 6.07) is 7.84. The van der Waals surface area contributed by atoms with Gasteiger partial charge in [0.15, 0.2) is 0 Å². The number of benzene rings is 1. The molecule has 3 rings (SSSR count). The van der Waals surface area contributed by atoms with Crippen LogP contribution in [0.3, 0.4) is 0 Å². The first kappa shape index (κ1) is 18.9. The van der Waals surface area contributed by atoms with E-state index >= 15 is 0 Å². The Kier molecular flexibility index (Phi) is 5.10. The molecule has 0 radical (unpaired) electrons. The predicted molar refractivity (Wildman–Crippen MR) is 101 cm³/mol. The molecule has 1 unspecified atom stereocenters. The number of hydrogen-bond acceptors (Lipinski definition) is 4. The quantitative estimate of drug-likeness (QED) is 0.802. The third-order valence-electron chi connectivity index (χ3n) is 5.44. The number of amides is 2. The summed E-state index contributed by atoms with van der Waals surface area (Å²) in [5.41, 5.74) is 1.18. The van der Waals surface area contributed by atoms with Gasteiger partial charge in [0.05, 0.1) is 5.75 Å². The van der Waals surface area contributed by atoms with Gasteiger partial charge in [-0.05, 0) is 44.7 Å². The number of rotatable bonds is 4. The standard InChI is InChI=1S/C19H26N2O4S/c1-15-5-7-16(8-6-15)20-12-3-10-19(18(20)23)11-4-13-21(19)17(22)9-14-26(2,24)25/h5-8H,3-4,9-14H2,1-2H3. The molecule has 26 heavy (non-hydrogen) atoms. The van der Waals surface area contributed by atoms with Crippen molar-refractivity contribution in [2.24, 2.45) is 0 Å². The van der Waals surface area contributed by atoms with Crippen LogP contribution in [0.15, 0.2) is 24.3 Å². The van der Waals surface area contributed by atoms with Gasteiger partial charge in [0.1, 0.15) is 15.4 Å². The van der Waals surface area contributed by atoms with Crippen molar-refractivity contribution >= 4 is 27.3 Å². The van der Waals surface area contributed by atoms with E-state index in [0.717, 1.165) is 30.3 Å². The first-order valence-corrected chi connectivity index (χ1v) is 11.2. The molecule has 0 saturated carbocycles. The number of aryl methyl sites for hydroxylation is 1. The number of sulfone groups is 1. The van der Waals surface area contributed by atoms with Crippen molar-refractivity contribution in [1.82, 2.24) is 4.90 Å². The van der Waals surface area contributed by atoms with E-state index in [-0.39, 0.29) is 24.0 Å². The third-order valence-corrected chi connectivity index (χ3v) is 6.38. The molecule has 0 N–H and O–H groups in total. The first-order valence-electron chi connectivity index (χ1n) is 9.10. The summed E-state index contributed by atoms with van der Waals surface area (Å²) in [7, 11) is -3.21. The average molecular weight is 378 g/mol. The van der Waals surface area contributed by atoms with Gasteiger partial charge in [0, 0.05) is 31.5 Å². The van der Waals surface area contributed by atoms with Gasteiger partial charge in [-0.2, -0.15) is 0 Å². The minimum absolute atomic E-state index is 0.0298. The van der Waals surface area contributed by atoms with Crippen LogP contribution in [-0.2, 0) is 19.4 Å². The highest BCUT2D eigenvalue weighted by Crippen LogP contribution is 2.40. The first-order chi connectivity index (χ1) is 12.2. The lowest BCUT2D eigenvalue weighted by Crippen LogP contribution is -2.61. The van der Waals surface area contributed by atoms with E-state index in [1.165, 1.54) is 0 Å². The average Bonchev–Trinajstić information content (AvgIpc) is 3.00. The molecule has 142 valence electrons. The van der Waals surface area contributed by atoms with Crippen LogP contribution >= 0.6 is 0 Å². The largest absolute Gasteiger partial charge is 0.328 e. The number of carbonyl (C=O) groups excluding carboxylic acids is 2. The zero-order chi connectivity index (χ0) is 18.9. The maximum Gasteiger partial charge on any atom is 0.252 e. The summed E-state index contributed by atoms with van der Waals surface area (Å²) in [4.78, 5) is 29.5. The maximum atomic E-state index is 13.4. The second kappa shape index (κ2) is 7.02. The van der Waals surface area contributed by atoms with Crippen LogP contribution < -0.4 is 4.90 Å². The molecule has 2 saturated heterocycles. The molecule has 2 fully saturated rings. The van der Waals surface area contributed by atoms with Crippen molar-refractivity contribution in [3.63, 3.8) is 0 Å². The van der Waals surface area contributed by atoms with Gasteiger partial charge < -0.3 is 9.80 Å². The molecule has 0 aromatic heterocycles. The normalized spacial score (nSPS) is 23.7. The molecule has 1 aromatic carbocycles. The molecule has 0 aliphatic carbocycles. The van der Waals surface area contributed by atoms with Crippen LogP contribution in [-0.4, -0.2) is 55.8 Å². The van der Waals surface area contributed by atoms with E-state index in [2.05, 4.69) is 0 Å². The van der Waals surface area contributed by atoms with Crippen LogP contribution in [0.2, 0.25) is 0 Å². The lowest BCUT2D eigenvalue weighted by Gasteiger charge is -2.44. The Bertz CT molecular complexity index is 803. The smallest absolute Gasteiger partial charge is 0.252 e. The number of likely N-dealkylation sites (tertiary alicyclic amines) is 1. The van der Waals surface area contributed by atoms with Crippen molar-refractivity contribution in [3.05, 3.63) is 29.8 Å². The van der Waals surface area contributed by atoms with Gasteiger partial charge in [-0.3, -0.25) is 9.59 Å². The van der Waals surface area contributed by atoms with Gasteiger partial charge in [-0.1, -0.05) is 17.7 Å². The van der Waals surface area contributed by atoms with Crippen LogP contribution in [0.5, 0.6) is 0 Å². The summed E-state index contributed by atoms with van der Waals surface area (Å²) < 4.78 is 22.8. The van der Waals surface area contributed by atoms with Crippen LogP contribution in [0.4, 0.5) is 5.69 Å². The summed E-state index contributed by atoms with van der Waals surface area (Å²) >= 11 is 0. The Morgan fingerprint density at radius 3 is 2.35 bits per heavy atom. The van der Waals surface area contributed by atoms with E-state index in [1.54, 1.807) is 9.80 Å². The summed E-state index contributed by atoms with van der Waals surface area (Å²) in [6.45, 7) is 3.17. The molecule has 1 spiro atoms.